The summed E-state index contributed by atoms with van der Waals surface area (Å²) in [7, 11) is 0. The lowest BCUT2D eigenvalue weighted by Gasteiger charge is -2.12. The van der Waals surface area contributed by atoms with Crippen LogP contribution in [0.4, 0.5) is 0 Å². The van der Waals surface area contributed by atoms with E-state index >= 15 is 0 Å². The van der Waals surface area contributed by atoms with Gasteiger partial charge in [-0.2, -0.15) is 0 Å². The molecule has 0 fully saturated rings. The molecule has 5 heteroatoms. The monoisotopic (exact) mass is 363 g/mol. The van der Waals surface area contributed by atoms with Gasteiger partial charge in [0.1, 0.15) is 0 Å². The third-order valence-electron chi connectivity index (χ3n) is 4.67. The van der Waals surface area contributed by atoms with Gasteiger partial charge in [-0.25, -0.2) is 0 Å². The molecule has 1 aromatic carbocycles. The van der Waals surface area contributed by atoms with E-state index in [0.717, 1.165) is 45.0 Å². The van der Waals surface area contributed by atoms with Crippen LogP contribution in [0.5, 0.6) is 0 Å². The van der Waals surface area contributed by atoms with Crippen molar-refractivity contribution in [3.63, 3.8) is 0 Å². The highest BCUT2D eigenvalue weighted by Crippen LogP contribution is 2.15. The molecule has 3 rings (SSSR count). The molecule has 3 aromatic rings. The Morgan fingerprint density at radius 2 is 2.04 bits per heavy atom. The van der Waals surface area contributed by atoms with Gasteiger partial charge < -0.3 is 15.2 Å². The van der Waals surface area contributed by atoms with Gasteiger partial charge in [-0.15, -0.1) is 0 Å². The number of rotatable bonds is 8. The van der Waals surface area contributed by atoms with E-state index < -0.39 is 0 Å². The van der Waals surface area contributed by atoms with E-state index in [1.54, 1.807) is 0 Å². The van der Waals surface area contributed by atoms with Crippen molar-refractivity contribution in [2.75, 3.05) is 19.6 Å². The van der Waals surface area contributed by atoms with Gasteiger partial charge in [-0.1, -0.05) is 18.2 Å². The Morgan fingerprint density at radius 1 is 1.15 bits per heavy atom. The summed E-state index contributed by atoms with van der Waals surface area (Å²) in [5, 5.41) is 8.05. The fourth-order valence-electron chi connectivity index (χ4n) is 3.21. The molecule has 0 atom stereocenters. The smallest absolute Gasteiger partial charge is 0.191 e. The average molecular weight is 364 g/mol. The first-order valence-corrected chi connectivity index (χ1v) is 9.73. The van der Waals surface area contributed by atoms with Gasteiger partial charge in [0, 0.05) is 50.3 Å². The molecule has 142 valence electrons. The zero-order valence-electron chi connectivity index (χ0n) is 16.3. The van der Waals surface area contributed by atoms with Crippen LogP contribution in [-0.4, -0.2) is 35.1 Å². The number of fused-ring (bicyclic) bond motifs is 1. The predicted octanol–water partition coefficient (Wildman–Crippen LogP) is 3.53. The van der Waals surface area contributed by atoms with Crippen molar-refractivity contribution >= 4 is 16.9 Å². The van der Waals surface area contributed by atoms with Gasteiger partial charge in [0.15, 0.2) is 5.96 Å². The van der Waals surface area contributed by atoms with E-state index in [1.165, 1.54) is 22.0 Å². The standard InChI is InChI=1S/C22H29N5/c1-3-24-22(26-14-10-19-9-13-23-17-18(19)2)25-12-6-15-27-16-11-20-7-4-5-8-21(20)27/h4-5,7-9,11,13,16-17H,3,6,10,12,14-15H2,1-2H3,(H2,24,25,26). The summed E-state index contributed by atoms with van der Waals surface area (Å²) in [6.45, 7) is 7.70. The van der Waals surface area contributed by atoms with Crippen molar-refractivity contribution in [2.24, 2.45) is 4.99 Å². The first-order chi connectivity index (χ1) is 13.3. The number of benzene rings is 1. The van der Waals surface area contributed by atoms with Crippen molar-refractivity contribution in [1.29, 1.82) is 0 Å². The minimum atomic E-state index is 0.802. The quantitative estimate of drug-likeness (QED) is 0.366. The van der Waals surface area contributed by atoms with Crippen molar-refractivity contribution in [3.8, 4) is 0 Å². The summed E-state index contributed by atoms with van der Waals surface area (Å²) in [5.74, 6) is 0.890. The molecule has 2 heterocycles. The third-order valence-corrected chi connectivity index (χ3v) is 4.67. The van der Waals surface area contributed by atoms with Crippen LogP contribution < -0.4 is 10.6 Å². The zero-order chi connectivity index (χ0) is 18.9. The van der Waals surface area contributed by atoms with Crippen LogP contribution in [0.25, 0.3) is 10.9 Å². The molecule has 0 bridgehead atoms. The minimum absolute atomic E-state index is 0.802. The fraction of sp³-hybridized carbons (Fsp3) is 0.364. The summed E-state index contributed by atoms with van der Waals surface area (Å²) in [6.07, 6.45) is 7.91. The largest absolute Gasteiger partial charge is 0.357 e. The summed E-state index contributed by atoms with van der Waals surface area (Å²) < 4.78 is 2.30. The Hall–Kier alpha value is -2.82. The topological polar surface area (TPSA) is 54.2 Å². The first kappa shape index (κ1) is 19.0. The van der Waals surface area contributed by atoms with Gasteiger partial charge in [0.05, 0.1) is 0 Å². The number of aliphatic imine (C=N–C) groups is 1. The van der Waals surface area contributed by atoms with Crippen molar-refractivity contribution in [3.05, 3.63) is 66.1 Å². The van der Waals surface area contributed by atoms with E-state index in [2.05, 4.69) is 76.6 Å². The first-order valence-electron chi connectivity index (χ1n) is 9.73. The number of pyridine rings is 1. The predicted molar refractivity (Wildman–Crippen MR) is 113 cm³/mol. The molecule has 0 saturated heterocycles. The molecule has 5 nitrogen and oxygen atoms in total. The summed E-state index contributed by atoms with van der Waals surface area (Å²) >= 11 is 0. The SMILES string of the molecule is CCNC(=NCCCn1ccc2ccccc21)NCCc1ccncc1C. The van der Waals surface area contributed by atoms with E-state index in [0.29, 0.717) is 0 Å². The highest BCUT2D eigenvalue weighted by atomic mass is 15.2. The number of nitrogens with one attached hydrogen (secondary N) is 2. The lowest BCUT2D eigenvalue weighted by atomic mass is 10.1. The second kappa shape index (κ2) is 9.76. The highest BCUT2D eigenvalue weighted by molar-refractivity contribution is 5.80. The van der Waals surface area contributed by atoms with Crippen LogP contribution in [-0.2, 0) is 13.0 Å². The maximum Gasteiger partial charge on any atom is 0.191 e. The van der Waals surface area contributed by atoms with Crippen LogP contribution in [0.3, 0.4) is 0 Å². The van der Waals surface area contributed by atoms with E-state index in [9.17, 15) is 0 Å². The summed E-state index contributed by atoms with van der Waals surface area (Å²) in [5.41, 5.74) is 3.85. The lowest BCUT2D eigenvalue weighted by Crippen LogP contribution is -2.38. The van der Waals surface area contributed by atoms with Gasteiger partial charge in [-0.05, 0) is 61.4 Å². The number of guanidine groups is 1. The molecule has 2 N–H and O–H groups in total. The zero-order valence-corrected chi connectivity index (χ0v) is 16.3. The van der Waals surface area contributed by atoms with Crippen LogP contribution >= 0.6 is 0 Å². The van der Waals surface area contributed by atoms with Gasteiger partial charge in [0.25, 0.3) is 0 Å². The Morgan fingerprint density at radius 3 is 2.89 bits per heavy atom. The maximum absolute atomic E-state index is 4.72. The maximum atomic E-state index is 4.72. The van der Waals surface area contributed by atoms with E-state index in [-0.39, 0.29) is 0 Å². The minimum Gasteiger partial charge on any atom is -0.357 e. The summed E-state index contributed by atoms with van der Waals surface area (Å²) in [4.78, 5) is 8.86. The summed E-state index contributed by atoms with van der Waals surface area (Å²) in [6, 6.07) is 12.8. The van der Waals surface area contributed by atoms with Gasteiger partial charge >= 0.3 is 0 Å². The highest BCUT2D eigenvalue weighted by Gasteiger charge is 2.01. The third kappa shape index (κ3) is 5.33. The molecule has 0 saturated carbocycles. The number of para-hydroxylation sites is 1. The molecule has 27 heavy (non-hydrogen) atoms. The van der Waals surface area contributed by atoms with Crippen molar-refractivity contribution < 1.29 is 0 Å². The molecule has 0 unspecified atom stereocenters. The number of hydrogen-bond donors (Lipinski definition) is 2. The van der Waals surface area contributed by atoms with Crippen LogP contribution in [0, 0.1) is 6.92 Å². The average Bonchev–Trinajstić information content (AvgIpc) is 3.10. The van der Waals surface area contributed by atoms with E-state index in [4.69, 9.17) is 4.99 Å². The van der Waals surface area contributed by atoms with Crippen molar-refractivity contribution in [2.45, 2.75) is 33.2 Å². The number of aromatic nitrogens is 2. The second-order valence-corrected chi connectivity index (χ2v) is 6.66. The van der Waals surface area contributed by atoms with Crippen LogP contribution in [0.1, 0.15) is 24.5 Å². The van der Waals surface area contributed by atoms with Gasteiger partial charge in [-0.3, -0.25) is 9.98 Å². The molecular weight excluding hydrogens is 334 g/mol. The molecule has 0 amide bonds. The Bertz CT molecular complexity index is 881. The Labute approximate surface area is 161 Å². The fourth-order valence-corrected chi connectivity index (χ4v) is 3.21. The number of nitrogens with zero attached hydrogens (tertiary/aromatic N) is 3. The molecule has 0 spiro atoms. The number of aryl methyl sites for hydroxylation is 2. The Balaban J connectivity index is 1.47. The molecule has 0 aliphatic heterocycles. The molecule has 0 aliphatic rings. The molecule has 2 aromatic heterocycles. The second-order valence-electron chi connectivity index (χ2n) is 6.66. The molecule has 0 aliphatic carbocycles. The Kier molecular flexibility index (Phi) is 6.85. The lowest BCUT2D eigenvalue weighted by molar-refractivity contribution is 0.666. The molecular formula is C22H29N5. The van der Waals surface area contributed by atoms with Gasteiger partial charge in [0.2, 0.25) is 0 Å². The van der Waals surface area contributed by atoms with Crippen molar-refractivity contribution in [1.82, 2.24) is 20.2 Å². The number of hydrogen-bond acceptors (Lipinski definition) is 2. The van der Waals surface area contributed by atoms with E-state index in [1.807, 2.05) is 12.4 Å². The van der Waals surface area contributed by atoms with Crippen LogP contribution in [0.2, 0.25) is 0 Å². The molecule has 0 radical (unpaired) electrons. The normalized spacial score (nSPS) is 11.7. The van der Waals surface area contributed by atoms with Crippen LogP contribution in [0.15, 0.2) is 60.0 Å².